The van der Waals surface area contributed by atoms with Crippen LogP contribution in [0.3, 0.4) is 0 Å². The largest absolute Gasteiger partial charge is 0.369 e. The lowest BCUT2D eigenvalue weighted by atomic mass is 10.2. The van der Waals surface area contributed by atoms with Crippen LogP contribution in [0.2, 0.25) is 0 Å². The van der Waals surface area contributed by atoms with Gasteiger partial charge in [-0.25, -0.2) is 4.98 Å². The van der Waals surface area contributed by atoms with E-state index in [0.29, 0.717) is 17.9 Å². The summed E-state index contributed by atoms with van der Waals surface area (Å²) in [7, 11) is 0. The molecule has 2 N–H and O–H groups in total. The Kier molecular flexibility index (Phi) is 3.42. The zero-order chi connectivity index (χ0) is 15.6. The maximum atomic E-state index is 12.2. The lowest BCUT2D eigenvalue weighted by Gasteiger charge is -2.19. The number of nitrogens with zero attached hydrogens (tertiary/aromatic N) is 3. The molecule has 0 bridgehead atoms. The van der Waals surface area contributed by atoms with E-state index < -0.39 is 0 Å². The van der Waals surface area contributed by atoms with Crippen LogP contribution < -0.4 is 10.2 Å². The van der Waals surface area contributed by atoms with Gasteiger partial charge in [-0.15, -0.1) is 0 Å². The molecular weight excluding hydrogens is 290 g/mol. The van der Waals surface area contributed by atoms with Gasteiger partial charge in [-0.05, 0) is 30.2 Å². The van der Waals surface area contributed by atoms with E-state index >= 15 is 0 Å². The minimum Gasteiger partial charge on any atom is -0.369 e. The van der Waals surface area contributed by atoms with Crippen LogP contribution in [0.1, 0.15) is 16.1 Å². The fourth-order valence-electron chi connectivity index (χ4n) is 2.99. The van der Waals surface area contributed by atoms with E-state index in [1.54, 1.807) is 12.3 Å². The fraction of sp³-hybridized carbons (Fsp3) is 0.235. The maximum Gasteiger partial charge on any atom is 0.270 e. The molecule has 0 aliphatic carbocycles. The fourth-order valence-corrected chi connectivity index (χ4v) is 2.99. The highest BCUT2D eigenvalue weighted by Crippen LogP contribution is 2.26. The Balaban J connectivity index is 1.37. The van der Waals surface area contributed by atoms with Gasteiger partial charge in [0.05, 0.1) is 6.20 Å². The molecule has 4 rings (SSSR count). The summed E-state index contributed by atoms with van der Waals surface area (Å²) in [4.78, 5) is 18.8. The average molecular weight is 307 g/mol. The van der Waals surface area contributed by atoms with Gasteiger partial charge >= 0.3 is 0 Å². The van der Waals surface area contributed by atoms with Crippen molar-refractivity contribution in [1.29, 1.82) is 0 Å². The molecule has 23 heavy (non-hydrogen) atoms. The van der Waals surface area contributed by atoms with E-state index in [1.165, 1.54) is 11.3 Å². The molecule has 116 valence electrons. The summed E-state index contributed by atoms with van der Waals surface area (Å²) in [6, 6.07) is 12.0. The second-order valence-corrected chi connectivity index (χ2v) is 5.63. The van der Waals surface area contributed by atoms with Crippen molar-refractivity contribution in [3.05, 3.63) is 53.9 Å². The number of nitrogens with one attached hydrogen (secondary N) is 2. The molecule has 1 aromatic carbocycles. The number of fused-ring (bicyclic) bond motifs is 2. The molecule has 1 aliphatic rings. The zero-order valence-electron chi connectivity index (χ0n) is 12.6. The Hall–Kier alpha value is -2.89. The highest BCUT2D eigenvalue weighted by molar-refractivity contribution is 5.94. The molecule has 0 saturated heterocycles. The number of rotatable bonds is 4. The van der Waals surface area contributed by atoms with Crippen LogP contribution in [-0.4, -0.2) is 40.7 Å². The second kappa shape index (κ2) is 5.72. The number of amides is 1. The number of aromatic amines is 1. The highest BCUT2D eigenvalue weighted by atomic mass is 16.1. The summed E-state index contributed by atoms with van der Waals surface area (Å²) in [5.41, 5.74) is 3.69. The first-order chi connectivity index (χ1) is 11.3. The number of benzene rings is 1. The Morgan fingerprint density at radius 3 is 3.13 bits per heavy atom. The predicted octanol–water partition coefficient (Wildman–Crippen LogP) is 1.75. The monoisotopic (exact) mass is 307 g/mol. The van der Waals surface area contributed by atoms with Gasteiger partial charge in [0.15, 0.2) is 5.65 Å². The summed E-state index contributed by atoms with van der Waals surface area (Å²) in [5, 5.41) is 10.5. The molecule has 0 unspecified atom stereocenters. The number of hydrogen-bond donors (Lipinski definition) is 2. The highest BCUT2D eigenvalue weighted by Gasteiger charge is 2.18. The third kappa shape index (κ3) is 2.63. The minimum atomic E-state index is -0.158. The van der Waals surface area contributed by atoms with Crippen molar-refractivity contribution in [3.63, 3.8) is 0 Å². The summed E-state index contributed by atoms with van der Waals surface area (Å²) < 4.78 is 0. The van der Waals surface area contributed by atoms with Crippen molar-refractivity contribution in [2.45, 2.75) is 6.42 Å². The van der Waals surface area contributed by atoms with Gasteiger partial charge in [0.2, 0.25) is 0 Å². The Morgan fingerprint density at radius 2 is 2.17 bits per heavy atom. The minimum absolute atomic E-state index is 0.158. The normalized spacial score (nSPS) is 13.3. The topological polar surface area (TPSA) is 73.9 Å². The number of anilines is 1. The van der Waals surface area contributed by atoms with E-state index in [-0.39, 0.29) is 5.91 Å². The average Bonchev–Trinajstić information content (AvgIpc) is 3.21. The van der Waals surface area contributed by atoms with Crippen LogP contribution in [0.15, 0.2) is 42.6 Å². The van der Waals surface area contributed by atoms with Crippen LogP contribution >= 0.6 is 0 Å². The molecule has 6 nitrogen and oxygen atoms in total. The van der Waals surface area contributed by atoms with Crippen LogP contribution in [0, 0.1) is 0 Å². The van der Waals surface area contributed by atoms with Gasteiger partial charge in [0.25, 0.3) is 5.91 Å². The van der Waals surface area contributed by atoms with Gasteiger partial charge in [-0.2, -0.15) is 5.10 Å². The number of pyridine rings is 1. The van der Waals surface area contributed by atoms with Gasteiger partial charge < -0.3 is 10.2 Å². The molecule has 3 heterocycles. The van der Waals surface area contributed by atoms with Crippen LogP contribution in [-0.2, 0) is 6.42 Å². The lowest BCUT2D eigenvalue weighted by molar-refractivity contribution is 0.0950. The molecule has 1 aliphatic heterocycles. The van der Waals surface area contributed by atoms with E-state index in [2.05, 4.69) is 49.7 Å². The predicted molar refractivity (Wildman–Crippen MR) is 88.6 cm³/mol. The van der Waals surface area contributed by atoms with E-state index in [9.17, 15) is 4.79 Å². The number of para-hydroxylation sites is 1. The number of aromatic nitrogens is 3. The first-order valence-electron chi connectivity index (χ1n) is 7.72. The molecule has 6 heteroatoms. The first-order valence-corrected chi connectivity index (χ1v) is 7.72. The molecule has 0 atom stereocenters. The summed E-state index contributed by atoms with van der Waals surface area (Å²) in [6.07, 6.45) is 2.76. The van der Waals surface area contributed by atoms with Crippen LogP contribution in [0.5, 0.6) is 0 Å². The van der Waals surface area contributed by atoms with Crippen molar-refractivity contribution in [1.82, 2.24) is 20.5 Å². The molecule has 0 spiro atoms. The number of carbonyl (C=O) groups excluding carboxylic acids is 1. The Labute approximate surface area is 133 Å². The van der Waals surface area contributed by atoms with Crippen LogP contribution in [0.25, 0.3) is 11.0 Å². The van der Waals surface area contributed by atoms with Crippen molar-refractivity contribution in [2.75, 3.05) is 24.5 Å². The van der Waals surface area contributed by atoms with E-state index in [4.69, 9.17) is 0 Å². The molecule has 0 saturated carbocycles. The van der Waals surface area contributed by atoms with Crippen LogP contribution in [0.4, 0.5) is 5.69 Å². The van der Waals surface area contributed by atoms with Crippen molar-refractivity contribution >= 4 is 22.6 Å². The summed E-state index contributed by atoms with van der Waals surface area (Å²) in [6.45, 7) is 2.40. The molecule has 0 fully saturated rings. The Morgan fingerprint density at radius 1 is 1.26 bits per heavy atom. The van der Waals surface area contributed by atoms with Gasteiger partial charge in [0, 0.05) is 30.7 Å². The molecule has 1 amide bonds. The van der Waals surface area contributed by atoms with Gasteiger partial charge in [-0.3, -0.25) is 9.89 Å². The lowest BCUT2D eigenvalue weighted by Crippen LogP contribution is -2.34. The number of carbonyl (C=O) groups is 1. The third-order valence-electron chi connectivity index (χ3n) is 4.18. The molecule has 2 aromatic heterocycles. The smallest absolute Gasteiger partial charge is 0.270 e. The van der Waals surface area contributed by atoms with Gasteiger partial charge in [-0.1, -0.05) is 18.2 Å². The second-order valence-electron chi connectivity index (χ2n) is 5.63. The summed E-state index contributed by atoms with van der Waals surface area (Å²) in [5.74, 6) is -0.158. The number of hydrogen-bond acceptors (Lipinski definition) is 4. The van der Waals surface area contributed by atoms with E-state index in [0.717, 1.165) is 24.9 Å². The van der Waals surface area contributed by atoms with Crippen molar-refractivity contribution in [2.24, 2.45) is 0 Å². The van der Waals surface area contributed by atoms with Gasteiger partial charge in [0.1, 0.15) is 5.69 Å². The van der Waals surface area contributed by atoms with E-state index in [1.807, 2.05) is 6.07 Å². The molecule has 3 aromatic rings. The maximum absolute atomic E-state index is 12.2. The van der Waals surface area contributed by atoms with Crippen molar-refractivity contribution in [3.8, 4) is 0 Å². The third-order valence-corrected chi connectivity index (χ3v) is 4.18. The zero-order valence-corrected chi connectivity index (χ0v) is 12.6. The number of H-pyrrole nitrogens is 1. The summed E-state index contributed by atoms with van der Waals surface area (Å²) >= 11 is 0. The Bertz CT molecular complexity index is 857. The SMILES string of the molecule is O=C(NCCN1CCc2ccccc21)c1ccc2cn[nH]c2n1. The molecular formula is C17H17N5O. The first kappa shape index (κ1) is 13.8. The quantitative estimate of drug-likeness (QED) is 0.770. The standard InChI is InChI=1S/C17H17N5O/c23-17(14-6-5-13-11-19-21-16(13)20-14)18-8-10-22-9-7-12-3-1-2-4-15(12)22/h1-6,11H,7-10H2,(H,18,23)(H,19,20,21). The molecule has 0 radical (unpaired) electrons. The van der Waals surface area contributed by atoms with Crippen molar-refractivity contribution < 1.29 is 4.79 Å².